The molecule has 31 heavy (non-hydrogen) atoms. The summed E-state index contributed by atoms with van der Waals surface area (Å²) >= 11 is 6.09. The monoisotopic (exact) mass is 443 g/mol. The quantitative estimate of drug-likeness (QED) is 0.591. The summed E-state index contributed by atoms with van der Waals surface area (Å²) < 4.78 is 17.0. The molecule has 0 unspecified atom stereocenters. The van der Waals surface area contributed by atoms with E-state index in [2.05, 4.69) is 5.10 Å². The molecule has 0 saturated carbocycles. The molecule has 164 valence electrons. The topological polar surface area (TPSA) is 63.6 Å². The third-order valence-corrected chi connectivity index (χ3v) is 5.51. The molecule has 0 aliphatic carbocycles. The van der Waals surface area contributed by atoms with E-state index in [1.54, 1.807) is 6.92 Å². The lowest BCUT2D eigenvalue weighted by atomic mass is 9.95. The zero-order valence-corrected chi connectivity index (χ0v) is 18.7. The van der Waals surface area contributed by atoms with Crippen LogP contribution in [0.5, 0.6) is 11.5 Å². The number of ether oxygens (including phenoxy) is 3. The summed E-state index contributed by atoms with van der Waals surface area (Å²) in [6, 6.07) is 11.5. The first-order valence-electron chi connectivity index (χ1n) is 10.6. The van der Waals surface area contributed by atoms with Gasteiger partial charge >= 0.3 is 5.97 Å². The lowest BCUT2D eigenvalue weighted by molar-refractivity contribution is -0.135. The normalized spacial score (nSPS) is 17.0. The van der Waals surface area contributed by atoms with Crippen molar-refractivity contribution in [3.63, 3.8) is 0 Å². The smallest absolute Gasteiger partial charge is 0.376 e. The van der Waals surface area contributed by atoms with Crippen LogP contribution in [0.3, 0.4) is 0 Å². The molecule has 2 aromatic rings. The van der Waals surface area contributed by atoms with Gasteiger partial charge < -0.3 is 19.1 Å². The number of fused-ring (bicyclic) bond motifs is 3. The van der Waals surface area contributed by atoms with Gasteiger partial charge in [-0.15, -0.1) is 5.10 Å². The Balaban J connectivity index is 1.81. The average Bonchev–Trinajstić information content (AvgIpc) is 3.15. The fraction of sp³-hybridized carbons (Fsp3) is 0.391. The van der Waals surface area contributed by atoms with Crippen LogP contribution in [0.1, 0.15) is 38.1 Å². The van der Waals surface area contributed by atoms with Gasteiger partial charge in [0.15, 0.2) is 17.7 Å². The zero-order valence-electron chi connectivity index (χ0n) is 17.9. The number of halogens is 1. The van der Waals surface area contributed by atoms with Crippen molar-refractivity contribution in [1.82, 2.24) is 4.90 Å². The van der Waals surface area contributed by atoms with Crippen LogP contribution < -0.4 is 14.5 Å². The number of esters is 1. The molecule has 4 rings (SSSR count). The third kappa shape index (κ3) is 4.02. The highest BCUT2D eigenvalue weighted by Crippen LogP contribution is 2.44. The third-order valence-electron chi connectivity index (χ3n) is 5.26. The molecule has 2 aliphatic rings. The van der Waals surface area contributed by atoms with Crippen LogP contribution >= 0.6 is 11.6 Å². The summed E-state index contributed by atoms with van der Waals surface area (Å²) in [5.41, 5.74) is 3.00. The molecule has 0 spiro atoms. The number of carbonyl (C=O) groups is 1. The minimum atomic E-state index is -0.427. The average molecular weight is 444 g/mol. The van der Waals surface area contributed by atoms with Crippen LogP contribution in [0, 0.1) is 0 Å². The number of anilines is 1. The molecule has 0 N–H and O–H groups in total. The molecule has 0 radical (unpaired) electrons. The minimum Gasteiger partial charge on any atom is -0.490 e. The van der Waals surface area contributed by atoms with Gasteiger partial charge in [-0.3, -0.25) is 0 Å². The van der Waals surface area contributed by atoms with E-state index in [4.69, 9.17) is 25.8 Å². The van der Waals surface area contributed by atoms with Crippen LogP contribution in [0.2, 0.25) is 5.02 Å². The van der Waals surface area contributed by atoms with Gasteiger partial charge in [-0.25, -0.2) is 9.80 Å². The van der Waals surface area contributed by atoms with E-state index in [1.165, 1.54) is 0 Å². The number of amidine groups is 1. The van der Waals surface area contributed by atoms with Gasteiger partial charge in [0.1, 0.15) is 0 Å². The lowest BCUT2D eigenvalue weighted by Crippen LogP contribution is -2.43. The Labute approximate surface area is 187 Å². The van der Waals surface area contributed by atoms with E-state index in [-0.39, 0.29) is 6.17 Å². The maximum absolute atomic E-state index is 12.7. The summed E-state index contributed by atoms with van der Waals surface area (Å²) in [4.78, 5) is 14.7. The number of rotatable bonds is 7. The molecule has 0 fully saturated rings. The van der Waals surface area contributed by atoms with Crippen LogP contribution in [-0.2, 0) is 16.0 Å². The molecular weight excluding hydrogens is 418 g/mol. The fourth-order valence-corrected chi connectivity index (χ4v) is 4.11. The molecule has 0 saturated heterocycles. The zero-order chi connectivity index (χ0) is 22.0. The second-order valence-electron chi connectivity index (χ2n) is 7.15. The molecule has 0 aromatic heterocycles. The Hall–Kier alpha value is -2.93. The molecule has 2 aliphatic heterocycles. The van der Waals surface area contributed by atoms with E-state index in [1.807, 2.05) is 60.2 Å². The number of hydrogen-bond acceptors (Lipinski definition) is 7. The van der Waals surface area contributed by atoms with E-state index < -0.39 is 5.97 Å². The van der Waals surface area contributed by atoms with E-state index >= 15 is 0 Å². The van der Waals surface area contributed by atoms with Gasteiger partial charge in [-0.2, -0.15) is 0 Å². The molecule has 2 aromatic carbocycles. The van der Waals surface area contributed by atoms with Crippen molar-refractivity contribution in [2.75, 3.05) is 31.4 Å². The second-order valence-corrected chi connectivity index (χ2v) is 7.58. The summed E-state index contributed by atoms with van der Waals surface area (Å²) in [7, 11) is 0. The number of benzene rings is 2. The molecule has 0 bridgehead atoms. The maximum Gasteiger partial charge on any atom is 0.376 e. The Kier molecular flexibility index (Phi) is 6.23. The fourth-order valence-electron chi connectivity index (χ4n) is 3.99. The summed E-state index contributed by atoms with van der Waals surface area (Å²) in [6.07, 6.45) is 0.463. The Morgan fingerprint density at radius 2 is 1.74 bits per heavy atom. The van der Waals surface area contributed by atoms with Gasteiger partial charge in [-0.05, 0) is 69.2 Å². The van der Waals surface area contributed by atoms with Gasteiger partial charge in [-0.1, -0.05) is 11.6 Å². The van der Waals surface area contributed by atoms with Crippen molar-refractivity contribution in [3.05, 3.63) is 52.5 Å². The Bertz CT molecular complexity index is 993. The number of nitrogens with zero attached hydrogens (tertiary/aromatic N) is 3. The molecule has 8 heteroatoms. The van der Waals surface area contributed by atoms with Crippen LogP contribution in [0.25, 0.3) is 0 Å². The Morgan fingerprint density at radius 1 is 1.06 bits per heavy atom. The molecule has 0 amide bonds. The summed E-state index contributed by atoms with van der Waals surface area (Å²) in [6.45, 7) is 7.70. The summed E-state index contributed by atoms with van der Waals surface area (Å²) in [5.74, 6) is 1.30. The van der Waals surface area contributed by atoms with Gasteiger partial charge in [0, 0.05) is 17.1 Å². The first kappa shape index (κ1) is 21.3. The molecular formula is C23H26ClN3O4. The number of hydrazone groups is 1. The van der Waals surface area contributed by atoms with Crippen molar-refractivity contribution in [3.8, 4) is 11.5 Å². The van der Waals surface area contributed by atoms with E-state index in [9.17, 15) is 4.79 Å². The molecule has 7 nitrogen and oxygen atoms in total. The first-order chi connectivity index (χ1) is 15.1. The van der Waals surface area contributed by atoms with E-state index in [0.29, 0.717) is 43.0 Å². The lowest BCUT2D eigenvalue weighted by Gasteiger charge is -2.37. The molecule has 1 atom stereocenters. The van der Waals surface area contributed by atoms with Crippen molar-refractivity contribution in [1.29, 1.82) is 0 Å². The van der Waals surface area contributed by atoms with Gasteiger partial charge in [0.2, 0.25) is 5.84 Å². The standard InChI is InChI=1S/C23H26ClN3O4/c1-4-29-19-13-15-11-12-26-21(23(28)31-6-3)25-27(17-9-7-16(24)8-10-17)22(26)18(15)14-20(19)30-5-2/h7-10,13-14,22H,4-6,11-12H2,1-3H3/t22-/m1/s1. The molecule has 2 heterocycles. The van der Waals surface area contributed by atoms with Crippen LogP contribution in [0.4, 0.5) is 5.69 Å². The number of hydrogen-bond donors (Lipinski definition) is 0. The van der Waals surface area contributed by atoms with Crippen molar-refractivity contribution >= 4 is 29.1 Å². The van der Waals surface area contributed by atoms with Crippen molar-refractivity contribution in [2.24, 2.45) is 5.10 Å². The highest BCUT2D eigenvalue weighted by Gasteiger charge is 2.43. The minimum absolute atomic E-state index is 0.292. The Morgan fingerprint density at radius 3 is 2.39 bits per heavy atom. The highest BCUT2D eigenvalue weighted by molar-refractivity contribution is 6.36. The van der Waals surface area contributed by atoms with E-state index in [0.717, 1.165) is 29.0 Å². The second kappa shape index (κ2) is 9.06. The number of carbonyl (C=O) groups excluding carboxylic acids is 1. The predicted octanol–water partition coefficient (Wildman–Crippen LogP) is 4.39. The highest BCUT2D eigenvalue weighted by atomic mass is 35.5. The first-order valence-corrected chi connectivity index (χ1v) is 10.9. The van der Waals surface area contributed by atoms with Gasteiger partial charge in [0.25, 0.3) is 0 Å². The maximum atomic E-state index is 12.7. The summed E-state index contributed by atoms with van der Waals surface area (Å²) in [5, 5.41) is 7.15. The van der Waals surface area contributed by atoms with Crippen LogP contribution in [-0.4, -0.2) is 43.1 Å². The SMILES string of the molecule is CCOC(=O)C1=NN(c2ccc(Cl)cc2)[C@@H]2c3cc(OCC)c(OCC)cc3CCN12. The van der Waals surface area contributed by atoms with Crippen LogP contribution in [0.15, 0.2) is 41.5 Å². The largest absolute Gasteiger partial charge is 0.490 e. The van der Waals surface area contributed by atoms with Gasteiger partial charge in [0.05, 0.1) is 25.5 Å². The predicted molar refractivity (Wildman–Crippen MR) is 120 cm³/mol. The van der Waals surface area contributed by atoms with Crippen molar-refractivity contribution in [2.45, 2.75) is 33.4 Å². The van der Waals surface area contributed by atoms with Crippen molar-refractivity contribution < 1.29 is 19.0 Å².